The largest absolute Gasteiger partial charge is 0.412 e. The van der Waals surface area contributed by atoms with Crippen molar-refractivity contribution in [2.24, 2.45) is 0 Å². The van der Waals surface area contributed by atoms with Crippen LogP contribution in [0.5, 0.6) is 0 Å². The van der Waals surface area contributed by atoms with Crippen LogP contribution in [0.2, 0.25) is 0 Å². The topological polar surface area (TPSA) is 73.5 Å². The summed E-state index contributed by atoms with van der Waals surface area (Å²) in [4.78, 5) is 14.8. The Hall–Kier alpha value is -1.94. The quantitative estimate of drug-likeness (QED) is 0.761. The van der Waals surface area contributed by atoms with E-state index in [1.807, 2.05) is 24.3 Å². The first kappa shape index (κ1) is 11.1. The molecule has 1 heterocycles. The molecule has 78 valence electrons. The third-order valence-corrected chi connectivity index (χ3v) is 1.96. The van der Waals surface area contributed by atoms with Crippen LogP contribution < -0.4 is 5.32 Å². The predicted molar refractivity (Wildman–Crippen MR) is 59.7 cm³/mol. The fraction of sp³-hybridized carbons (Fsp3) is 0.0909. The van der Waals surface area contributed by atoms with E-state index >= 15 is 0 Å². The van der Waals surface area contributed by atoms with Gasteiger partial charge in [-0.3, -0.25) is 9.78 Å². The van der Waals surface area contributed by atoms with Crippen molar-refractivity contribution >= 4 is 22.4 Å². The third kappa shape index (κ3) is 2.51. The molecule has 2 rings (SSSR count). The molecule has 0 atom stereocenters. The van der Waals surface area contributed by atoms with Gasteiger partial charge in [-0.1, -0.05) is 6.07 Å². The zero-order valence-electron chi connectivity index (χ0n) is 8.32. The maximum absolute atomic E-state index is 10.8. The van der Waals surface area contributed by atoms with E-state index < -0.39 is 0 Å². The highest BCUT2D eigenvalue weighted by Gasteiger charge is 1.97. The molecular formula is C11H12N2O2. The lowest BCUT2D eigenvalue weighted by Gasteiger charge is -2.03. The molecule has 0 saturated heterocycles. The minimum absolute atomic E-state index is 0. The summed E-state index contributed by atoms with van der Waals surface area (Å²) in [5, 5.41) is 4.88. The molecular weight excluding hydrogens is 192 g/mol. The van der Waals surface area contributed by atoms with Gasteiger partial charge in [0.2, 0.25) is 5.91 Å². The summed E-state index contributed by atoms with van der Waals surface area (Å²) in [6.07, 6.45) is 3.53. The van der Waals surface area contributed by atoms with Crippen LogP contribution in [0.1, 0.15) is 6.92 Å². The molecule has 0 saturated carbocycles. The Bertz CT molecular complexity index is 483. The molecule has 0 aliphatic carbocycles. The van der Waals surface area contributed by atoms with E-state index in [1.54, 1.807) is 12.4 Å². The van der Waals surface area contributed by atoms with E-state index in [4.69, 9.17) is 0 Å². The SMILES string of the molecule is CC(=O)Nc1ccc2ccncc2c1.O. The van der Waals surface area contributed by atoms with E-state index in [-0.39, 0.29) is 11.4 Å². The summed E-state index contributed by atoms with van der Waals surface area (Å²) in [6.45, 7) is 1.49. The van der Waals surface area contributed by atoms with Crippen molar-refractivity contribution in [1.82, 2.24) is 4.98 Å². The van der Waals surface area contributed by atoms with Crippen LogP contribution in [0.15, 0.2) is 36.7 Å². The highest BCUT2D eigenvalue weighted by Crippen LogP contribution is 2.17. The lowest BCUT2D eigenvalue weighted by atomic mass is 10.1. The average Bonchev–Trinajstić information content (AvgIpc) is 2.17. The smallest absolute Gasteiger partial charge is 0.221 e. The standard InChI is InChI=1S/C11H10N2O.H2O/c1-8(14)13-11-3-2-9-4-5-12-7-10(9)6-11;/h2-7H,1H3,(H,13,14);1H2. The Morgan fingerprint density at radius 1 is 1.27 bits per heavy atom. The van der Waals surface area contributed by atoms with E-state index in [2.05, 4.69) is 10.3 Å². The van der Waals surface area contributed by atoms with Crippen molar-refractivity contribution in [3.63, 3.8) is 0 Å². The van der Waals surface area contributed by atoms with Gasteiger partial charge in [0.1, 0.15) is 0 Å². The van der Waals surface area contributed by atoms with Crippen molar-refractivity contribution in [2.45, 2.75) is 6.92 Å². The molecule has 1 aromatic carbocycles. The van der Waals surface area contributed by atoms with E-state index in [0.29, 0.717) is 0 Å². The minimum atomic E-state index is -0.0618. The lowest BCUT2D eigenvalue weighted by molar-refractivity contribution is -0.114. The second kappa shape index (κ2) is 4.52. The van der Waals surface area contributed by atoms with E-state index in [0.717, 1.165) is 16.5 Å². The molecule has 15 heavy (non-hydrogen) atoms. The van der Waals surface area contributed by atoms with Crippen molar-refractivity contribution in [2.75, 3.05) is 5.32 Å². The van der Waals surface area contributed by atoms with Gasteiger partial charge in [0.05, 0.1) is 0 Å². The molecule has 0 fully saturated rings. The number of hydrogen-bond donors (Lipinski definition) is 1. The number of fused-ring (bicyclic) bond motifs is 1. The minimum Gasteiger partial charge on any atom is -0.412 e. The molecule has 0 aliphatic rings. The molecule has 0 unspecified atom stereocenters. The van der Waals surface area contributed by atoms with Crippen molar-refractivity contribution in [3.05, 3.63) is 36.7 Å². The normalized spacial score (nSPS) is 9.40. The maximum Gasteiger partial charge on any atom is 0.221 e. The summed E-state index contributed by atoms with van der Waals surface area (Å²) >= 11 is 0. The molecule has 0 spiro atoms. The number of anilines is 1. The van der Waals surface area contributed by atoms with Crippen LogP contribution >= 0.6 is 0 Å². The number of pyridine rings is 1. The number of nitrogens with one attached hydrogen (secondary N) is 1. The number of aromatic nitrogens is 1. The van der Waals surface area contributed by atoms with Crippen LogP contribution in [-0.4, -0.2) is 16.4 Å². The summed E-state index contributed by atoms with van der Waals surface area (Å²) in [5.74, 6) is -0.0618. The number of amides is 1. The summed E-state index contributed by atoms with van der Waals surface area (Å²) in [5.41, 5.74) is 0.804. The van der Waals surface area contributed by atoms with Gasteiger partial charge in [0.25, 0.3) is 0 Å². The molecule has 4 heteroatoms. The highest BCUT2D eigenvalue weighted by molar-refractivity contribution is 5.92. The summed E-state index contributed by atoms with van der Waals surface area (Å²) in [6, 6.07) is 7.68. The van der Waals surface area contributed by atoms with Crippen LogP contribution in [0.4, 0.5) is 5.69 Å². The number of rotatable bonds is 1. The maximum atomic E-state index is 10.8. The van der Waals surface area contributed by atoms with Gasteiger partial charge in [-0.05, 0) is 23.6 Å². The molecule has 2 aromatic rings. The second-order valence-corrected chi connectivity index (χ2v) is 3.12. The zero-order valence-corrected chi connectivity index (χ0v) is 8.32. The highest BCUT2D eigenvalue weighted by atomic mass is 16.1. The predicted octanol–water partition coefficient (Wildman–Crippen LogP) is 1.37. The first-order chi connectivity index (χ1) is 6.75. The van der Waals surface area contributed by atoms with Crippen molar-refractivity contribution in [3.8, 4) is 0 Å². The van der Waals surface area contributed by atoms with Crippen molar-refractivity contribution in [1.29, 1.82) is 0 Å². The molecule has 0 bridgehead atoms. The molecule has 1 aromatic heterocycles. The summed E-state index contributed by atoms with van der Waals surface area (Å²) < 4.78 is 0. The molecule has 0 radical (unpaired) electrons. The van der Waals surface area contributed by atoms with Gasteiger partial charge in [-0.2, -0.15) is 0 Å². The number of benzene rings is 1. The number of carbonyl (C=O) groups excluding carboxylic acids is 1. The molecule has 4 nitrogen and oxygen atoms in total. The average molecular weight is 204 g/mol. The zero-order chi connectivity index (χ0) is 9.97. The van der Waals surface area contributed by atoms with Crippen LogP contribution in [-0.2, 0) is 4.79 Å². The van der Waals surface area contributed by atoms with Crippen LogP contribution in [0.25, 0.3) is 10.8 Å². The lowest BCUT2D eigenvalue weighted by Crippen LogP contribution is -2.05. The fourth-order valence-electron chi connectivity index (χ4n) is 1.37. The van der Waals surface area contributed by atoms with Gasteiger partial charge < -0.3 is 10.8 Å². The number of hydrogen-bond acceptors (Lipinski definition) is 2. The number of carbonyl (C=O) groups is 1. The Morgan fingerprint density at radius 2 is 2.07 bits per heavy atom. The van der Waals surface area contributed by atoms with E-state index in [9.17, 15) is 4.79 Å². The second-order valence-electron chi connectivity index (χ2n) is 3.12. The molecule has 3 N–H and O–H groups in total. The number of nitrogens with zero attached hydrogens (tertiary/aromatic N) is 1. The fourth-order valence-corrected chi connectivity index (χ4v) is 1.37. The van der Waals surface area contributed by atoms with Crippen LogP contribution in [0.3, 0.4) is 0 Å². The third-order valence-electron chi connectivity index (χ3n) is 1.96. The Morgan fingerprint density at radius 3 is 2.80 bits per heavy atom. The first-order valence-electron chi connectivity index (χ1n) is 4.37. The Labute approximate surface area is 87.3 Å². The van der Waals surface area contributed by atoms with Crippen LogP contribution in [0, 0.1) is 0 Å². The Balaban J connectivity index is 0.00000112. The molecule has 1 amide bonds. The van der Waals surface area contributed by atoms with Gasteiger partial charge in [-0.15, -0.1) is 0 Å². The Kier molecular flexibility index (Phi) is 3.36. The van der Waals surface area contributed by atoms with Gasteiger partial charge in [0.15, 0.2) is 0 Å². The first-order valence-corrected chi connectivity index (χ1v) is 4.37. The van der Waals surface area contributed by atoms with Gasteiger partial charge >= 0.3 is 0 Å². The van der Waals surface area contributed by atoms with Gasteiger partial charge in [-0.25, -0.2) is 0 Å². The van der Waals surface area contributed by atoms with E-state index in [1.165, 1.54) is 6.92 Å². The monoisotopic (exact) mass is 204 g/mol. The van der Waals surface area contributed by atoms with Crippen molar-refractivity contribution < 1.29 is 10.3 Å². The molecule has 0 aliphatic heterocycles. The van der Waals surface area contributed by atoms with Gasteiger partial charge in [0, 0.05) is 30.4 Å². The summed E-state index contributed by atoms with van der Waals surface area (Å²) in [7, 11) is 0.